The van der Waals surface area contributed by atoms with Gasteiger partial charge in [-0.25, -0.2) is 19.2 Å². The first kappa shape index (κ1) is 40.2. The Morgan fingerprint density at radius 1 is 0.582 bits per heavy atom. The molecule has 6 atom stereocenters. The van der Waals surface area contributed by atoms with Crippen molar-refractivity contribution in [2.75, 3.05) is 13.2 Å². The molecule has 3 N–H and O–H groups in total. The molecule has 0 aliphatic heterocycles. The number of ether oxygens (including phenoxy) is 4. The first-order valence-electron chi connectivity index (χ1n) is 20.6. The van der Waals surface area contributed by atoms with Gasteiger partial charge < -0.3 is 34.3 Å². The maximum absolute atomic E-state index is 11.8. The summed E-state index contributed by atoms with van der Waals surface area (Å²) in [6, 6.07) is 0. The third kappa shape index (κ3) is 8.79. The molecule has 0 saturated heterocycles. The Morgan fingerprint density at radius 2 is 0.982 bits per heavy atom. The summed E-state index contributed by atoms with van der Waals surface area (Å²) in [7, 11) is 0. The molecule has 6 unspecified atom stereocenters. The zero-order valence-electron chi connectivity index (χ0n) is 32.9. The number of esters is 4. The van der Waals surface area contributed by atoms with Crippen molar-refractivity contribution in [3.05, 3.63) is 37.0 Å². The molecule has 12 rings (SSSR count). The van der Waals surface area contributed by atoms with Crippen molar-refractivity contribution in [3.8, 4) is 0 Å². The van der Waals surface area contributed by atoms with E-state index in [1.807, 2.05) is 0 Å². The van der Waals surface area contributed by atoms with Crippen LogP contribution in [0.25, 0.3) is 0 Å². The fourth-order valence-corrected chi connectivity index (χ4v) is 14.1. The monoisotopic (exact) mass is 766 g/mol. The second kappa shape index (κ2) is 14.4. The summed E-state index contributed by atoms with van der Waals surface area (Å²) in [5, 5.41) is 31.6. The Labute approximate surface area is 325 Å². The normalized spacial score (nSPS) is 44.2. The fraction of sp³-hybridized carbons (Fsp3) is 0.773. The number of hydrogen-bond acceptors (Lipinski definition) is 11. The molecule has 12 saturated carbocycles. The molecule has 0 aromatic rings. The van der Waals surface area contributed by atoms with E-state index in [9.17, 15) is 34.5 Å². The van der Waals surface area contributed by atoms with Crippen molar-refractivity contribution in [1.82, 2.24) is 0 Å². The predicted octanol–water partition coefficient (Wildman–Crippen LogP) is 5.97. The molecular formula is C44H62O11. The highest BCUT2D eigenvalue weighted by Gasteiger charge is 2.61. The first-order chi connectivity index (χ1) is 25.7. The van der Waals surface area contributed by atoms with E-state index in [2.05, 4.69) is 19.7 Å². The van der Waals surface area contributed by atoms with Crippen molar-refractivity contribution in [2.45, 2.75) is 157 Å². The minimum Gasteiger partial charge on any atom is -0.463 e. The van der Waals surface area contributed by atoms with E-state index in [0.29, 0.717) is 60.5 Å². The minimum absolute atomic E-state index is 0.0765. The number of aliphatic hydroxyl groups is 3. The maximum atomic E-state index is 11.8. The summed E-state index contributed by atoms with van der Waals surface area (Å²) in [5.41, 5.74) is -1.83. The summed E-state index contributed by atoms with van der Waals surface area (Å²) in [5.74, 6) is 1.54. The van der Waals surface area contributed by atoms with E-state index in [0.717, 1.165) is 83.5 Å². The van der Waals surface area contributed by atoms with E-state index < -0.39 is 34.3 Å². The van der Waals surface area contributed by atoms with Crippen molar-refractivity contribution in [1.29, 1.82) is 0 Å². The van der Waals surface area contributed by atoms with Gasteiger partial charge in [0.25, 0.3) is 0 Å². The van der Waals surface area contributed by atoms with E-state index >= 15 is 0 Å². The van der Waals surface area contributed by atoms with Gasteiger partial charge in [-0.15, -0.1) is 0 Å². The molecule has 12 fully saturated rings. The summed E-state index contributed by atoms with van der Waals surface area (Å²) in [4.78, 5) is 46.1. The zero-order valence-corrected chi connectivity index (χ0v) is 32.9. The van der Waals surface area contributed by atoms with Crippen LogP contribution in [0.5, 0.6) is 0 Å². The molecular weight excluding hydrogens is 704 g/mol. The minimum atomic E-state index is -0.582. The summed E-state index contributed by atoms with van der Waals surface area (Å²) < 4.78 is 21.4. The van der Waals surface area contributed by atoms with Crippen LogP contribution in [0.1, 0.15) is 129 Å². The van der Waals surface area contributed by atoms with Crippen LogP contribution in [0, 0.1) is 40.9 Å². The number of carbonyl (C=O) groups excluding carboxylic acids is 4. The summed E-state index contributed by atoms with van der Waals surface area (Å²) >= 11 is 0. The van der Waals surface area contributed by atoms with Gasteiger partial charge in [-0.05, 0) is 152 Å². The van der Waals surface area contributed by atoms with Crippen molar-refractivity contribution in [3.63, 3.8) is 0 Å². The molecule has 0 amide bonds. The van der Waals surface area contributed by atoms with Crippen LogP contribution in [-0.4, -0.2) is 80.4 Å². The first-order valence-corrected chi connectivity index (χ1v) is 20.6. The molecule has 0 heterocycles. The molecule has 12 bridgehead atoms. The lowest BCUT2D eigenvalue weighted by Gasteiger charge is -2.59. The van der Waals surface area contributed by atoms with Gasteiger partial charge in [-0.3, -0.25) is 0 Å². The third-order valence-electron chi connectivity index (χ3n) is 14.5. The molecule has 12 aliphatic rings. The standard InChI is InChI=1S/C17H24O5.C14H20O3.C13H18O3/c1-11(2)15(19)21-8-14(18)22-10-16-4-12-3-13(5-16)7-17(20,6-12)9-16;1-9(2)12(15)17-14-6-10-3-11(7-14)5-13(16,4-10)8-14;1-2-11(14)16-13-6-9-3-10(7-13)5-12(15,4-9)8-13/h12-13,20H,1,3-10H2,2H3;10-11,16H,1,3-8H2,2H3;2,9-10,15H,1,3-8H2. The Morgan fingerprint density at radius 3 is 1.36 bits per heavy atom. The Hall–Kier alpha value is -3.02. The Bertz CT molecular complexity index is 1570. The van der Waals surface area contributed by atoms with Gasteiger partial charge in [0.05, 0.1) is 23.4 Å². The third-order valence-corrected chi connectivity index (χ3v) is 14.5. The van der Waals surface area contributed by atoms with E-state index in [1.54, 1.807) is 6.92 Å². The molecule has 55 heavy (non-hydrogen) atoms. The summed E-state index contributed by atoms with van der Waals surface area (Å²) in [6.07, 6.45) is 18.0. The maximum Gasteiger partial charge on any atom is 0.344 e. The lowest BCUT2D eigenvalue weighted by molar-refractivity contribution is -0.218. The zero-order chi connectivity index (χ0) is 39.6. The Kier molecular flexibility index (Phi) is 10.5. The largest absolute Gasteiger partial charge is 0.463 e. The topological polar surface area (TPSA) is 166 Å². The van der Waals surface area contributed by atoms with E-state index in [4.69, 9.17) is 18.9 Å². The van der Waals surface area contributed by atoms with Crippen LogP contribution < -0.4 is 0 Å². The van der Waals surface area contributed by atoms with E-state index in [-0.39, 0.29) is 35.1 Å². The van der Waals surface area contributed by atoms with Crippen molar-refractivity contribution >= 4 is 23.9 Å². The van der Waals surface area contributed by atoms with Crippen LogP contribution in [0.15, 0.2) is 37.0 Å². The van der Waals surface area contributed by atoms with Gasteiger partial charge in [0.2, 0.25) is 0 Å². The molecule has 12 aliphatic carbocycles. The number of carbonyl (C=O) groups is 4. The average Bonchev–Trinajstić information content (AvgIpc) is 3.03. The van der Waals surface area contributed by atoms with Gasteiger partial charge in [0, 0.05) is 35.5 Å². The molecule has 304 valence electrons. The molecule has 11 nitrogen and oxygen atoms in total. The van der Waals surface area contributed by atoms with Crippen molar-refractivity contribution in [2.24, 2.45) is 40.9 Å². The number of hydrogen-bond donors (Lipinski definition) is 3. The van der Waals surface area contributed by atoms with Crippen LogP contribution in [0.4, 0.5) is 0 Å². The second-order valence-electron chi connectivity index (χ2n) is 20.2. The lowest BCUT2D eigenvalue weighted by Crippen LogP contribution is -2.60. The quantitative estimate of drug-likeness (QED) is 0.144. The lowest BCUT2D eigenvalue weighted by atomic mass is 9.48. The molecule has 0 aromatic carbocycles. The fourth-order valence-electron chi connectivity index (χ4n) is 14.1. The van der Waals surface area contributed by atoms with Gasteiger partial charge in [-0.2, -0.15) is 0 Å². The van der Waals surface area contributed by atoms with Gasteiger partial charge >= 0.3 is 23.9 Å². The smallest absolute Gasteiger partial charge is 0.344 e. The molecule has 0 aromatic heterocycles. The highest BCUT2D eigenvalue weighted by Crippen LogP contribution is 2.62. The molecule has 0 spiro atoms. The predicted molar refractivity (Wildman–Crippen MR) is 201 cm³/mol. The second-order valence-corrected chi connectivity index (χ2v) is 20.2. The highest BCUT2D eigenvalue weighted by molar-refractivity contribution is 5.88. The summed E-state index contributed by atoms with van der Waals surface area (Å²) in [6.45, 7) is 13.7. The van der Waals surface area contributed by atoms with Gasteiger partial charge in [0.15, 0.2) is 6.61 Å². The van der Waals surface area contributed by atoms with Crippen LogP contribution in [0.2, 0.25) is 0 Å². The molecule has 0 radical (unpaired) electrons. The van der Waals surface area contributed by atoms with Crippen LogP contribution >= 0.6 is 0 Å². The van der Waals surface area contributed by atoms with Crippen molar-refractivity contribution < 1.29 is 53.4 Å². The van der Waals surface area contributed by atoms with Crippen LogP contribution in [0.3, 0.4) is 0 Å². The van der Waals surface area contributed by atoms with Gasteiger partial charge in [0.1, 0.15) is 11.2 Å². The van der Waals surface area contributed by atoms with E-state index in [1.165, 1.54) is 32.3 Å². The molecule has 11 heteroatoms. The average molecular weight is 767 g/mol. The van der Waals surface area contributed by atoms with Crippen LogP contribution in [-0.2, 0) is 38.1 Å². The number of rotatable bonds is 9. The SMILES string of the molecule is C=C(C)C(=O)OC12CC3CC(CC(O)(C3)C1)C2.C=C(C)C(=O)OCC(=O)OCC12CC3CC(CC(O)(C3)C1)C2.C=CC(=O)OC12CC3CC(CC(O)(C3)C1)C2. The highest BCUT2D eigenvalue weighted by atomic mass is 16.6. The van der Waals surface area contributed by atoms with Gasteiger partial charge in [-0.1, -0.05) is 19.7 Å². The Balaban J connectivity index is 0.000000129.